The highest BCUT2D eigenvalue weighted by Gasteiger charge is 2.24. The molecular formula is C13H23NO2. The van der Waals surface area contributed by atoms with Crippen LogP contribution in [-0.4, -0.2) is 19.8 Å². The van der Waals surface area contributed by atoms with Crippen molar-refractivity contribution in [3.63, 3.8) is 0 Å². The van der Waals surface area contributed by atoms with E-state index >= 15 is 0 Å². The number of hydrogen-bond acceptors (Lipinski definition) is 3. The van der Waals surface area contributed by atoms with Gasteiger partial charge in [-0.25, -0.2) is 0 Å². The summed E-state index contributed by atoms with van der Waals surface area (Å²) in [5, 5.41) is 3.42. The minimum Gasteiger partial charge on any atom is -0.468 e. The number of ether oxygens (including phenoxy) is 1. The summed E-state index contributed by atoms with van der Waals surface area (Å²) in [5.74, 6) is 0.962. The molecule has 0 saturated carbocycles. The van der Waals surface area contributed by atoms with Gasteiger partial charge in [-0.3, -0.25) is 0 Å². The standard InChI is InChI=1S/C13H23NO2/c1-10(11-7-6-8-16-11)14-9-12(15-5)13(2,3)4/h6-8,10,12,14H,9H2,1-5H3. The Balaban J connectivity index is 2.44. The highest BCUT2D eigenvalue weighted by atomic mass is 16.5. The molecule has 3 nitrogen and oxygen atoms in total. The lowest BCUT2D eigenvalue weighted by Gasteiger charge is -2.30. The Kier molecular flexibility index (Phi) is 4.56. The van der Waals surface area contributed by atoms with Crippen LogP contribution in [0.1, 0.15) is 39.5 Å². The van der Waals surface area contributed by atoms with Crippen molar-refractivity contribution in [1.82, 2.24) is 5.32 Å². The van der Waals surface area contributed by atoms with E-state index in [4.69, 9.17) is 9.15 Å². The van der Waals surface area contributed by atoms with Crippen molar-refractivity contribution in [2.45, 2.75) is 39.8 Å². The van der Waals surface area contributed by atoms with E-state index in [1.165, 1.54) is 0 Å². The van der Waals surface area contributed by atoms with Gasteiger partial charge >= 0.3 is 0 Å². The van der Waals surface area contributed by atoms with Crippen LogP contribution in [0, 0.1) is 5.41 Å². The summed E-state index contributed by atoms with van der Waals surface area (Å²) in [6, 6.07) is 4.11. The van der Waals surface area contributed by atoms with E-state index in [1.54, 1.807) is 13.4 Å². The van der Waals surface area contributed by atoms with Gasteiger partial charge in [0.2, 0.25) is 0 Å². The molecule has 92 valence electrons. The van der Waals surface area contributed by atoms with Crippen molar-refractivity contribution in [3.8, 4) is 0 Å². The van der Waals surface area contributed by atoms with Crippen molar-refractivity contribution in [2.24, 2.45) is 5.41 Å². The molecule has 1 heterocycles. The number of hydrogen-bond donors (Lipinski definition) is 1. The van der Waals surface area contributed by atoms with Gasteiger partial charge in [-0.1, -0.05) is 20.8 Å². The maximum absolute atomic E-state index is 5.49. The molecule has 1 N–H and O–H groups in total. The van der Waals surface area contributed by atoms with Crippen LogP contribution >= 0.6 is 0 Å². The molecule has 0 saturated heterocycles. The van der Waals surface area contributed by atoms with Crippen molar-refractivity contribution >= 4 is 0 Å². The monoisotopic (exact) mass is 225 g/mol. The molecule has 2 atom stereocenters. The summed E-state index contributed by atoms with van der Waals surface area (Å²) in [7, 11) is 1.76. The average Bonchev–Trinajstić information content (AvgIpc) is 2.68. The molecule has 0 spiro atoms. The third-order valence-corrected chi connectivity index (χ3v) is 2.83. The van der Waals surface area contributed by atoms with E-state index < -0.39 is 0 Å². The van der Waals surface area contributed by atoms with E-state index in [-0.39, 0.29) is 17.6 Å². The molecular weight excluding hydrogens is 202 g/mol. The lowest BCUT2D eigenvalue weighted by Crippen LogP contribution is -2.39. The Morgan fingerprint density at radius 2 is 2.12 bits per heavy atom. The number of rotatable bonds is 5. The molecule has 0 aliphatic heterocycles. The van der Waals surface area contributed by atoms with E-state index in [2.05, 4.69) is 33.0 Å². The lowest BCUT2D eigenvalue weighted by molar-refractivity contribution is 0.0156. The van der Waals surface area contributed by atoms with Gasteiger partial charge in [0.25, 0.3) is 0 Å². The fourth-order valence-corrected chi connectivity index (χ4v) is 1.67. The van der Waals surface area contributed by atoms with Gasteiger partial charge in [0.1, 0.15) is 5.76 Å². The van der Waals surface area contributed by atoms with E-state index in [0.29, 0.717) is 0 Å². The zero-order chi connectivity index (χ0) is 12.2. The highest BCUT2D eigenvalue weighted by Crippen LogP contribution is 2.22. The molecule has 0 radical (unpaired) electrons. The smallest absolute Gasteiger partial charge is 0.120 e. The maximum atomic E-state index is 5.49. The second-order valence-corrected chi connectivity index (χ2v) is 5.24. The Bertz CT molecular complexity index is 287. The van der Waals surface area contributed by atoms with Crippen LogP contribution in [0.3, 0.4) is 0 Å². The molecule has 0 fully saturated rings. The molecule has 2 unspecified atom stereocenters. The fraction of sp³-hybridized carbons (Fsp3) is 0.692. The zero-order valence-electron chi connectivity index (χ0n) is 10.9. The topological polar surface area (TPSA) is 34.4 Å². The number of methoxy groups -OCH3 is 1. The molecule has 1 aromatic heterocycles. The maximum Gasteiger partial charge on any atom is 0.120 e. The molecule has 16 heavy (non-hydrogen) atoms. The molecule has 0 amide bonds. The van der Waals surface area contributed by atoms with Gasteiger partial charge in [-0.15, -0.1) is 0 Å². The summed E-state index contributed by atoms with van der Waals surface area (Å²) in [6.07, 6.45) is 1.90. The van der Waals surface area contributed by atoms with Gasteiger partial charge in [-0.05, 0) is 24.5 Å². The van der Waals surface area contributed by atoms with Crippen molar-refractivity contribution < 1.29 is 9.15 Å². The first-order chi connectivity index (χ1) is 7.45. The number of furan rings is 1. The fourth-order valence-electron chi connectivity index (χ4n) is 1.67. The molecule has 1 rings (SSSR count). The van der Waals surface area contributed by atoms with E-state index in [1.807, 2.05) is 12.1 Å². The summed E-state index contributed by atoms with van der Waals surface area (Å²) < 4.78 is 10.8. The van der Waals surface area contributed by atoms with E-state index in [9.17, 15) is 0 Å². The van der Waals surface area contributed by atoms with Crippen LogP contribution in [0.25, 0.3) is 0 Å². The molecule has 0 bridgehead atoms. The summed E-state index contributed by atoms with van der Waals surface area (Å²) in [4.78, 5) is 0. The van der Waals surface area contributed by atoms with Crippen molar-refractivity contribution in [1.29, 1.82) is 0 Å². The third-order valence-electron chi connectivity index (χ3n) is 2.83. The van der Waals surface area contributed by atoms with Crippen molar-refractivity contribution in [2.75, 3.05) is 13.7 Å². The van der Waals surface area contributed by atoms with Crippen LogP contribution in [0.5, 0.6) is 0 Å². The van der Waals surface area contributed by atoms with Gasteiger partial charge < -0.3 is 14.5 Å². The predicted molar refractivity (Wildman–Crippen MR) is 65.4 cm³/mol. The second-order valence-electron chi connectivity index (χ2n) is 5.24. The SMILES string of the molecule is COC(CNC(C)c1ccco1)C(C)(C)C. The van der Waals surface area contributed by atoms with Gasteiger partial charge in [0.15, 0.2) is 0 Å². The molecule has 0 aliphatic carbocycles. The molecule has 0 aromatic carbocycles. The predicted octanol–water partition coefficient (Wildman–Crippen LogP) is 2.99. The van der Waals surface area contributed by atoms with Crippen LogP contribution in [0.2, 0.25) is 0 Å². The second kappa shape index (κ2) is 5.51. The molecule has 1 aromatic rings. The normalized spacial score (nSPS) is 16.1. The van der Waals surface area contributed by atoms with Crippen LogP contribution in [0.4, 0.5) is 0 Å². The Morgan fingerprint density at radius 3 is 2.56 bits per heavy atom. The Hall–Kier alpha value is -0.800. The zero-order valence-corrected chi connectivity index (χ0v) is 10.9. The molecule has 3 heteroatoms. The lowest BCUT2D eigenvalue weighted by atomic mass is 9.89. The van der Waals surface area contributed by atoms with Crippen molar-refractivity contribution in [3.05, 3.63) is 24.2 Å². The van der Waals surface area contributed by atoms with Crippen LogP contribution in [-0.2, 0) is 4.74 Å². The first kappa shape index (κ1) is 13.3. The molecule has 0 aliphatic rings. The first-order valence-electron chi connectivity index (χ1n) is 5.74. The quantitative estimate of drug-likeness (QED) is 0.836. The Labute approximate surface area is 98.2 Å². The van der Waals surface area contributed by atoms with Gasteiger partial charge in [0, 0.05) is 13.7 Å². The highest BCUT2D eigenvalue weighted by molar-refractivity contribution is 5.03. The van der Waals surface area contributed by atoms with Crippen LogP contribution < -0.4 is 5.32 Å². The van der Waals surface area contributed by atoms with Gasteiger partial charge in [0.05, 0.1) is 18.4 Å². The van der Waals surface area contributed by atoms with E-state index in [0.717, 1.165) is 12.3 Å². The first-order valence-corrected chi connectivity index (χ1v) is 5.74. The minimum atomic E-state index is 0.143. The average molecular weight is 225 g/mol. The van der Waals surface area contributed by atoms with Gasteiger partial charge in [-0.2, -0.15) is 0 Å². The minimum absolute atomic E-state index is 0.143. The summed E-state index contributed by atoms with van der Waals surface area (Å²) in [6.45, 7) is 9.46. The van der Waals surface area contributed by atoms with Crippen LogP contribution in [0.15, 0.2) is 22.8 Å². The number of nitrogens with one attached hydrogen (secondary N) is 1. The largest absolute Gasteiger partial charge is 0.468 e. The Morgan fingerprint density at radius 1 is 1.44 bits per heavy atom. The summed E-state index contributed by atoms with van der Waals surface area (Å²) >= 11 is 0. The summed E-state index contributed by atoms with van der Waals surface area (Å²) in [5.41, 5.74) is 0.143. The third kappa shape index (κ3) is 3.65.